The van der Waals surface area contributed by atoms with E-state index in [0.717, 1.165) is 42.9 Å². The van der Waals surface area contributed by atoms with Crippen molar-refractivity contribution in [3.05, 3.63) is 28.2 Å². The molecule has 1 aromatic rings. The molecule has 0 radical (unpaired) electrons. The Hall–Kier alpha value is -0.580. The molecule has 0 atom stereocenters. The van der Waals surface area contributed by atoms with E-state index in [2.05, 4.69) is 44.9 Å². The van der Waals surface area contributed by atoms with Crippen molar-refractivity contribution in [2.24, 2.45) is 0 Å². The summed E-state index contributed by atoms with van der Waals surface area (Å²) in [6.07, 6.45) is 0. The van der Waals surface area contributed by atoms with E-state index in [1.165, 1.54) is 5.56 Å². The third kappa shape index (κ3) is 3.44. The zero-order chi connectivity index (χ0) is 12.3. The minimum absolute atomic E-state index is 0.928. The Morgan fingerprint density at radius 1 is 1.24 bits per heavy atom. The van der Waals surface area contributed by atoms with Gasteiger partial charge < -0.3 is 9.64 Å². The van der Waals surface area contributed by atoms with Gasteiger partial charge in [-0.1, -0.05) is 15.9 Å². The first kappa shape index (κ1) is 12.9. The van der Waals surface area contributed by atoms with Crippen LogP contribution in [-0.4, -0.2) is 50.1 Å². The van der Waals surface area contributed by atoms with Gasteiger partial charge in [0.15, 0.2) is 0 Å². The largest absolute Gasteiger partial charge is 0.497 e. The van der Waals surface area contributed by atoms with Gasteiger partial charge >= 0.3 is 0 Å². The quantitative estimate of drug-likeness (QED) is 0.851. The van der Waals surface area contributed by atoms with Gasteiger partial charge in [-0.2, -0.15) is 0 Å². The van der Waals surface area contributed by atoms with Gasteiger partial charge in [0.1, 0.15) is 5.75 Å². The summed E-state index contributed by atoms with van der Waals surface area (Å²) in [5.41, 5.74) is 1.30. The van der Waals surface area contributed by atoms with Gasteiger partial charge in [0.2, 0.25) is 0 Å². The highest BCUT2D eigenvalue weighted by molar-refractivity contribution is 9.10. The predicted molar refractivity (Wildman–Crippen MR) is 73.5 cm³/mol. The van der Waals surface area contributed by atoms with E-state index >= 15 is 0 Å². The van der Waals surface area contributed by atoms with Crippen LogP contribution in [0.3, 0.4) is 0 Å². The lowest BCUT2D eigenvalue weighted by molar-refractivity contribution is 0.148. The number of rotatable bonds is 3. The van der Waals surface area contributed by atoms with Crippen LogP contribution < -0.4 is 4.74 Å². The molecule has 0 saturated carbocycles. The first-order chi connectivity index (χ1) is 8.19. The fourth-order valence-electron chi connectivity index (χ4n) is 2.05. The summed E-state index contributed by atoms with van der Waals surface area (Å²) >= 11 is 3.61. The van der Waals surface area contributed by atoms with E-state index in [-0.39, 0.29) is 0 Å². The third-order valence-electron chi connectivity index (χ3n) is 3.24. The van der Waals surface area contributed by atoms with Gasteiger partial charge in [-0.25, -0.2) is 0 Å². The number of hydrogen-bond acceptors (Lipinski definition) is 3. The van der Waals surface area contributed by atoms with Gasteiger partial charge in [-0.3, -0.25) is 4.90 Å². The molecule has 94 valence electrons. The van der Waals surface area contributed by atoms with E-state index in [0.29, 0.717) is 0 Å². The lowest BCUT2D eigenvalue weighted by Crippen LogP contribution is -2.43. The van der Waals surface area contributed by atoms with Gasteiger partial charge in [0.05, 0.1) is 7.11 Å². The summed E-state index contributed by atoms with van der Waals surface area (Å²) in [5, 5.41) is 0. The monoisotopic (exact) mass is 298 g/mol. The number of halogens is 1. The molecule has 4 heteroatoms. The second kappa shape index (κ2) is 5.85. The number of ether oxygens (including phenoxy) is 1. The molecule has 0 bridgehead atoms. The van der Waals surface area contributed by atoms with Gasteiger partial charge in [0.25, 0.3) is 0 Å². The predicted octanol–water partition coefficient (Wildman–Crippen LogP) is 2.21. The summed E-state index contributed by atoms with van der Waals surface area (Å²) in [7, 11) is 3.89. The molecule has 0 aromatic heterocycles. The smallest absolute Gasteiger partial charge is 0.119 e. The lowest BCUT2D eigenvalue weighted by Gasteiger charge is -2.32. The van der Waals surface area contributed by atoms with Crippen molar-refractivity contribution in [3.8, 4) is 5.75 Å². The van der Waals surface area contributed by atoms with Crippen LogP contribution in [0.15, 0.2) is 22.7 Å². The van der Waals surface area contributed by atoms with Crippen molar-refractivity contribution in [2.45, 2.75) is 6.54 Å². The van der Waals surface area contributed by atoms with Gasteiger partial charge in [-0.15, -0.1) is 0 Å². The Morgan fingerprint density at radius 2 is 1.94 bits per heavy atom. The molecule has 0 N–H and O–H groups in total. The normalized spacial score (nSPS) is 18.3. The molecule has 0 aliphatic carbocycles. The minimum atomic E-state index is 0.928. The van der Waals surface area contributed by atoms with E-state index in [9.17, 15) is 0 Å². The molecule has 1 aromatic carbocycles. The zero-order valence-electron chi connectivity index (χ0n) is 10.4. The second-order valence-electron chi connectivity index (χ2n) is 4.54. The molecule has 1 aliphatic rings. The van der Waals surface area contributed by atoms with Gasteiger partial charge in [-0.05, 0) is 30.8 Å². The molecule has 1 fully saturated rings. The van der Waals surface area contributed by atoms with E-state index in [1.807, 2.05) is 6.07 Å². The molecule has 17 heavy (non-hydrogen) atoms. The highest BCUT2D eigenvalue weighted by Crippen LogP contribution is 2.24. The second-order valence-corrected chi connectivity index (χ2v) is 5.39. The molecule has 3 nitrogen and oxygen atoms in total. The van der Waals surface area contributed by atoms with Crippen LogP contribution in [0.1, 0.15) is 5.56 Å². The molecule has 1 aliphatic heterocycles. The molecular weight excluding hydrogens is 280 g/mol. The molecule has 1 heterocycles. The Morgan fingerprint density at radius 3 is 2.59 bits per heavy atom. The van der Waals surface area contributed by atoms with Crippen molar-refractivity contribution in [1.82, 2.24) is 9.80 Å². The van der Waals surface area contributed by atoms with Crippen molar-refractivity contribution in [1.29, 1.82) is 0 Å². The highest BCUT2D eigenvalue weighted by atomic mass is 79.9. The summed E-state index contributed by atoms with van der Waals surface area (Å²) in [6, 6.07) is 6.16. The number of piperazine rings is 1. The summed E-state index contributed by atoms with van der Waals surface area (Å²) < 4.78 is 6.43. The Bertz CT molecular complexity index is 376. The van der Waals surface area contributed by atoms with Crippen LogP contribution in [0.5, 0.6) is 5.75 Å². The van der Waals surface area contributed by atoms with Crippen molar-refractivity contribution in [3.63, 3.8) is 0 Å². The van der Waals surface area contributed by atoms with Crippen molar-refractivity contribution in [2.75, 3.05) is 40.3 Å². The van der Waals surface area contributed by atoms with Crippen molar-refractivity contribution >= 4 is 15.9 Å². The van der Waals surface area contributed by atoms with E-state index in [1.54, 1.807) is 7.11 Å². The number of likely N-dealkylation sites (N-methyl/N-ethyl adjacent to an activating group) is 1. The van der Waals surface area contributed by atoms with Crippen LogP contribution >= 0.6 is 15.9 Å². The van der Waals surface area contributed by atoms with Crippen LogP contribution in [-0.2, 0) is 6.54 Å². The molecule has 0 amide bonds. The zero-order valence-corrected chi connectivity index (χ0v) is 12.0. The topological polar surface area (TPSA) is 15.7 Å². The van der Waals surface area contributed by atoms with Crippen LogP contribution in [0.25, 0.3) is 0 Å². The minimum Gasteiger partial charge on any atom is -0.497 e. The molecule has 1 saturated heterocycles. The molecule has 0 unspecified atom stereocenters. The first-order valence-corrected chi connectivity index (χ1v) is 6.71. The maximum atomic E-state index is 5.27. The number of hydrogen-bond donors (Lipinski definition) is 0. The highest BCUT2D eigenvalue weighted by Gasteiger charge is 2.15. The third-order valence-corrected chi connectivity index (χ3v) is 4.02. The maximum absolute atomic E-state index is 5.27. The summed E-state index contributed by atoms with van der Waals surface area (Å²) in [4.78, 5) is 4.86. The SMILES string of the molecule is COc1ccc(Br)c(CN2CCN(C)CC2)c1. The van der Waals surface area contributed by atoms with E-state index < -0.39 is 0 Å². The summed E-state index contributed by atoms with van der Waals surface area (Å²) in [5.74, 6) is 0.928. The fourth-order valence-corrected chi connectivity index (χ4v) is 2.42. The number of methoxy groups -OCH3 is 1. The average molecular weight is 299 g/mol. The van der Waals surface area contributed by atoms with E-state index in [4.69, 9.17) is 4.74 Å². The Labute approximate surface area is 111 Å². The molecule has 2 rings (SSSR count). The standard InChI is InChI=1S/C13H19BrN2O/c1-15-5-7-16(8-6-15)10-11-9-12(17-2)3-4-13(11)14/h3-4,9H,5-8,10H2,1-2H3. The summed E-state index contributed by atoms with van der Waals surface area (Å²) in [6.45, 7) is 5.58. The maximum Gasteiger partial charge on any atom is 0.119 e. The molecule has 0 spiro atoms. The van der Waals surface area contributed by atoms with Gasteiger partial charge in [0, 0.05) is 37.2 Å². The van der Waals surface area contributed by atoms with Crippen LogP contribution in [0, 0.1) is 0 Å². The Balaban J connectivity index is 2.02. The molecular formula is C13H19BrN2O. The lowest BCUT2D eigenvalue weighted by atomic mass is 10.2. The Kier molecular flexibility index (Phi) is 4.42. The fraction of sp³-hybridized carbons (Fsp3) is 0.538. The van der Waals surface area contributed by atoms with Crippen molar-refractivity contribution < 1.29 is 4.74 Å². The van der Waals surface area contributed by atoms with Crippen LogP contribution in [0.2, 0.25) is 0 Å². The van der Waals surface area contributed by atoms with Crippen LogP contribution in [0.4, 0.5) is 0 Å². The average Bonchev–Trinajstić information content (AvgIpc) is 2.35. The number of nitrogens with zero attached hydrogens (tertiary/aromatic N) is 2. The number of benzene rings is 1. The first-order valence-electron chi connectivity index (χ1n) is 5.92.